The lowest BCUT2D eigenvalue weighted by Crippen LogP contribution is -2.03. The summed E-state index contributed by atoms with van der Waals surface area (Å²) in [7, 11) is 0. The van der Waals surface area contributed by atoms with Crippen LogP contribution in [0.15, 0.2) is 18.2 Å². The van der Waals surface area contributed by atoms with Crippen molar-refractivity contribution in [2.24, 2.45) is 0 Å². The summed E-state index contributed by atoms with van der Waals surface area (Å²) in [6.45, 7) is 4.49. The van der Waals surface area contributed by atoms with E-state index in [2.05, 4.69) is 0 Å². The van der Waals surface area contributed by atoms with Gasteiger partial charge < -0.3 is 10.5 Å². The van der Waals surface area contributed by atoms with Gasteiger partial charge in [0.15, 0.2) is 0 Å². The van der Waals surface area contributed by atoms with Crippen LogP contribution >= 0.6 is 11.6 Å². The third kappa shape index (κ3) is 3.25. The molecule has 1 rings (SSSR count). The van der Waals surface area contributed by atoms with Crippen LogP contribution in [0.2, 0.25) is 5.02 Å². The Bertz CT molecular complexity index is 286. The predicted octanol–water partition coefficient (Wildman–Crippen LogP) is 2.85. The standard InChI is InChI=1S/C10H14ClNO/c1-7(2)13-6-8-5-9(12)3-4-10(8)11/h3-5,7H,6,12H2,1-2H3. The molecule has 0 heterocycles. The molecule has 0 atom stereocenters. The van der Waals surface area contributed by atoms with Crippen molar-refractivity contribution in [3.05, 3.63) is 28.8 Å². The molecule has 0 saturated carbocycles. The van der Waals surface area contributed by atoms with Crippen molar-refractivity contribution in [1.82, 2.24) is 0 Å². The Hall–Kier alpha value is -0.730. The van der Waals surface area contributed by atoms with E-state index in [0.717, 1.165) is 5.56 Å². The Kier molecular flexibility index (Phi) is 3.58. The zero-order valence-corrected chi connectivity index (χ0v) is 8.64. The van der Waals surface area contributed by atoms with Gasteiger partial charge in [0.05, 0.1) is 12.7 Å². The molecule has 0 bridgehead atoms. The van der Waals surface area contributed by atoms with Gasteiger partial charge in [0, 0.05) is 10.7 Å². The Morgan fingerprint density at radius 2 is 2.15 bits per heavy atom. The first-order valence-corrected chi connectivity index (χ1v) is 4.63. The SMILES string of the molecule is CC(C)OCc1cc(N)ccc1Cl. The maximum absolute atomic E-state index is 5.94. The van der Waals surface area contributed by atoms with Gasteiger partial charge in [-0.3, -0.25) is 0 Å². The van der Waals surface area contributed by atoms with Crippen LogP contribution in [0.5, 0.6) is 0 Å². The predicted molar refractivity (Wildman–Crippen MR) is 55.8 cm³/mol. The van der Waals surface area contributed by atoms with E-state index in [0.29, 0.717) is 17.3 Å². The molecular weight excluding hydrogens is 186 g/mol. The van der Waals surface area contributed by atoms with E-state index >= 15 is 0 Å². The van der Waals surface area contributed by atoms with E-state index in [1.165, 1.54) is 0 Å². The molecule has 72 valence electrons. The van der Waals surface area contributed by atoms with Gasteiger partial charge in [0.25, 0.3) is 0 Å². The molecule has 0 radical (unpaired) electrons. The monoisotopic (exact) mass is 199 g/mol. The second-order valence-corrected chi connectivity index (χ2v) is 3.62. The van der Waals surface area contributed by atoms with Crippen molar-refractivity contribution < 1.29 is 4.74 Å². The summed E-state index contributed by atoms with van der Waals surface area (Å²) < 4.78 is 5.42. The number of nitrogens with two attached hydrogens (primary N) is 1. The van der Waals surface area contributed by atoms with Crippen molar-refractivity contribution in [1.29, 1.82) is 0 Å². The number of anilines is 1. The van der Waals surface area contributed by atoms with Crippen LogP contribution < -0.4 is 5.73 Å². The molecular formula is C10H14ClNO. The zero-order chi connectivity index (χ0) is 9.84. The fraction of sp³-hybridized carbons (Fsp3) is 0.400. The van der Waals surface area contributed by atoms with Crippen molar-refractivity contribution in [3.63, 3.8) is 0 Å². The molecule has 0 unspecified atom stereocenters. The van der Waals surface area contributed by atoms with Gasteiger partial charge in [0.2, 0.25) is 0 Å². The van der Waals surface area contributed by atoms with Crippen LogP contribution in [0.4, 0.5) is 5.69 Å². The summed E-state index contributed by atoms with van der Waals surface area (Å²) in [6.07, 6.45) is 0.206. The summed E-state index contributed by atoms with van der Waals surface area (Å²) >= 11 is 5.94. The van der Waals surface area contributed by atoms with Crippen LogP contribution in [-0.2, 0) is 11.3 Å². The highest BCUT2D eigenvalue weighted by Gasteiger charge is 2.01. The largest absolute Gasteiger partial charge is 0.399 e. The lowest BCUT2D eigenvalue weighted by Gasteiger charge is -2.09. The number of benzene rings is 1. The van der Waals surface area contributed by atoms with Crippen molar-refractivity contribution >= 4 is 17.3 Å². The number of ether oxygens (including phenoxy) is 1. The van der Waals surface area contributed by atoms with Gasteiger partial charge >= 0.3 is 0 Å². The molecule has 1 aromatic rings. The Morgan fingerprint density at radius 3 is 2.77 bits per heavy atom. The van der Waals surface area contributed by atoms with E-state index in [1.54, 1.807) is 12.1 Å². The van der Waals surface area contributed by atoms with Crippen molar-refractivity contribution in [3.8, 4) is 0 Å². The fourth-order valence-corrected chi connectivity index (χ4v) is 1.13. The summed E-state index contributed by atoms with van der Waals surface area (Å²) in [6, 6.07) is 5.40. The molecule has 0 aliphatic heterocycles. The fourth-order valence-electron chi connectivity index (χ4n) is 0.962. The van der Waals surface area contributed by atoms with Crippen LogP contribution in [0, 0.1) is 0 Å². The van der Waals surface area contributed by atoms with Crippen molar-refractivity contribution in [2.45, 2.75) is 26.6 Å². The van der Waals surface area contributed by atoms with Crippen LogP contribution in [-0.4, -0.2) is 6.10 Å². The smallest absolute Gasteiger partial charge is 0.0735 e. The number of nitrogen functional groups attached to an aromatic ring is 1. The van der Waals surface area contributed by atoms with Crippen LogP contribution in [0.3, 0.4) is 0 Å². The third-order valence-electron chi connectivity index (χ3n) is 1.64. The molecule has 0 spiro atoms. The molecule has 13 heavy (non-hydrogen) atoms. The molecule has 3 heteroatoms. The Labute approximate surface area is 83.6 Å². The van der Waals surface area contributed by atoms with Crippen LogP contribution in [0.1, 0.15) is 19.4 Å². The minimum atomic E-state index is 0.206. The first kappa shape index (κ1) is 10.4. The average molecular weight is 200 g/mol. The highest BCUT2D eigenvalue weighted by molar-refractivity contribution is 6.31. The number of hydrogen-bond acceptors (Lipinski definition) is 2. The summed E-state index contributed by atoms with van der Waals surface area (Å²) in [4.78, 5) is 0. The highest BCUT2D eigenvalue weighted by atomic mass is 35.5. The van der Waals surface area contributed by atoms with E-state index < -0.39 is 0 Å². The van der Waals surface area contributed by atoms with E-state index in [-0.39, 0.29) is 6.10 Å². The quantitative estimate of drug-likeness (QED) is 0.760. The summed E-state index contributed by atoms with van der Waals surface area (Å²) in [5.41, 5.74) is 7.27. The van der Waals surface area contributed by atoms with E-state index in [1.807, 2.05) is 19.9 Å². The summed E-state index contributed by atoms with van der Waals surface area (Å²) in [5.74, 6) is 0. The molecule has 0 amide bonds. The third-order valence-corrected chi connectivity index (χ3v) is 2.01. The lowest BCUT2D eigenvalue weighted by atomic mass is 10.2. The molecule has 2 nitrogen and oxygen atoms in total. The highest BCUT2D eigenvalue weighted by Crippen LogP contribution is 2.19. The summed E-state index contributed by atoms with van der Waals surface area (Å²) in [5, 5.41) is 0.704. The molecule has 0 aromatic heterocycles. The topological polar surface area (TPSA) is 35.2 Å². The van der Waals surface area contributed by atoms with E-state index in [9.17, 15) is 0 Å². The molecule has 0 fully saturated rings. The molecule has 0 saturated heterocycles. The van der Waals surface area contributed by atoms with Gasteiger partial charge in [-0.25, -0.2) is 0 Å². The molecule has 2 N–H and O–H groups in total. The Morgan fingerprint density at radius 1 is 1.46 bits per heavy atom. The van der Waals surface area contributed by atoms with Crippen LogP contribution in [0.25, 0.3) is 0 Å². The maximum atomic E-state index is 5.94. The van der Waals surface area contributed by atoms with Gasteiger partial charge in [-0.15, -0.1) is 0 Å². The second kappa shape index (κ2) is 4.49. The average Bonchev–Trinajstić information content (AvgIpc) is 2.06. The number of halogens is 1. The number of hydrogen-bond donors (Lipinski definition) is 1. The van der Waals surface area contributed by atoms with E-state index in [4.69, 9.17) is 22.1 Å². The number of rotatable bonds is 3. The minimum absolute atomic E-state index is 0.206. The molecule has 0 aliphatic carbocycles. The second-order valence-electron chi connectivity index (χ2n) is 3.21. The first-order chi connectivity index (χ1) is 6.09. The van der Waals surface area contributed by atoms with Gasteiger partial charge in [-0.2, -0.15) is 0 Å². The molecule has 0 aliphatic rings. The first-order valence-electron chi connectivity index (χ1n) is 4.25. The van der Waals surface area contributed by atoms with Gasteiger partial charge in [0.1, 0.15) is 0 Å². The van der Waals surface area contributed by atoms with Gasteiger partial charge in [-0.05, 0) is 37.6 Å². The van der Waals surface area contributed by atoms with Gasteiger partial charge in [-0.1, -0.05) is 11.6 Å². The Balaban J connectivity index is 2.70. The maximum Gasteiger partial charge on any atom is 0.0735 e. The lowest BCUT2D eigenvalue weighted by molar-refractivity contribution is 0.0658. The molecule has 1 aromatic carbocycles. The normalized spacial score (nSPS) is 10.8. The minimum Gasteiger partial charge on any atom is -0.399 e. The van der Waals surface area contributed by atoms with Crippen molar-refractivity contribution in [2.75, 3.05) is 5.73 Å². The zero-order valence-electron chi connectivity index (χ0n) is 7.88.